The summed E-state index contributed by atoms with van der Waals surface area (Å²) in [4.78, 5) is 0. The van der Waals surface area contributed by atoms with Crippen LogP contribution in [0.2, 0.25) is 0 Å². The van der Waals surface area contributed by atoms with Crippen LogP contribution in [-0.4, -0.2) is 32.8 Å². The molecule has 0 saturated heterocycles. The highest BCUT2D eigenvalue weighted by atomic mass is 32.2. The third-order valence-corrected chi connectivity index (χ3v) is 4.76. The van der Waals surface area contributed by atoms with Crippen LogP contribution in [0.3, 0.4) is 0 Å². The van der Waals surface area contributed by atoms with Gasteiger partial charge in [0.05, 0.1) is 5.75 Å². The number of hydrogen-bond acceptors (Lipinski definition) is 3. The highest BCUT2D eigenvalue weighted by Gasteiger charge is 2.32. The number of hydrogen-bond donors (Lipinski definition) is 2. The van der Waals surface area contributed by atoms with Crippen molar-refractivity contribution in [2.24, 2.45) is 0 Å². The van der Waals surface area contributed by atoms with Crippen LogP contribution in [0.1, 0.15) is 46.0 Å². The summed E-state index contributed by atoms with van der Waals surface area (Å²) in [6.45, 7) is 5.70. The molecule has 0 aliphatic heterocycles. The first-order chi connectivity index (χ1) is 7.47. The summed E-state index contributed by atoms with van der Waals surface area (Å²) in [7, 11) is -3.09. The van der Waals surface area contributed by atoms with Crippen LogP contribution in [0.25, 0.3) is 0 Å². The van der Waals surface area contributed by atoms with Gasteiger partial charge < -0.3 is 5.32 Å². The van der Waals surface area contributed by atoms with Crippen molar-refractivity contribution in [2.75, 3.05) is 18.8 Å². The monoisotopic (exact) mass is 248 g/mol. The van der Waals surface area contributed by atoms with Crippen molar-refractivity contribution < 1.29 is 8.42 Å². The van der Waals surface area contributed by atoms with E-state index in [1.165, 1.54) is 0 Å². The Bertz CT molecular complexity index is 295. The van der Waals surface area contributed by atoms with Crippen LogP contribution >= 0.6 is 0 Å². The van der Waals surface area contributed by atoms with Crippen LogP contribution < -0.4 is 10.0 Å². The molecule has 0 atom stereocenters. The molecule has 0 radical (unpaired) electrons. The number of rotatable bonds is 7. The third-order valence-electron chi connectivity index (χ3n) is 3.13. The van der Waals surface area contributed by atoms with Gasteiger partial charge in [0.25, 0.3) is 0 Å². The molecule has 16 heavy (non-hydrogen) atoms. The Kier molecular flexibility index (Phi) is 5.21. The van der Waals surface area contributed by atoms with Gasteiger partial charge in [-0.25, -0.2) is 13.1 Å². The van der Waals surface area contributed by atoms with Gasteiger partial charge in [0.2, 0.25) is 10.0 Å². The lowest BCUT2D eigenvalue weighted by Crippen LogP contribution is -2.44. The molecule has 1 fully saturated rings. The van der Waals surface area contributed by atoms with Crippen molar-refractivity contribution in [3.63, 3.8) is 0 Å². The Morgan fingerprint density at radius 2 is 1.88 bits per heavy atom. The predicted molar refractivity (Wildman–Crippen MR) is 67.0 cm³/mol. The molecule has 5 heteroatoms. The van der Waals surface area contributed by atoms with E-state index in [0.29, 0.717) is 6.42 Å². The van der Waals surface area contributed by atoms with E-state index in [1.807, 2.05) is 13.8 Å². The lowest BCUT2D eigenvalue weighted by Gasteiger charge is -2.24. The summed E-state index contributed by atoms with van der Waals surface area (Å²) < 4.78 is 26.5. The van der Waals surface area contributed by atoms with Gasteiger partial charge in [-0.1, -0.05) is 19.8 Å². The van der Waals surface area contributed by atoms with Crippen LogP contribution in [-0.2, 0) is 10.0 Å². The molecule has 0 aromatic rings. The average Bonchev–Trinajstić information content (AvgIpc) is 2.58. The van der Waals surface area contributed by atoms with Gasteiger partial charge in [0.1, 0.15) is 0 Å². The normalized spacial score (nSPS) is 20.1. The lowest BCUT2D eigenvalue weighted by molar-refractivity contribution is 0.427. The molecular weight excluding hydrogens is 224 g/mol. The van der Waals surface area contributed by atoms with Gasteiger partial charge in [-0.15, -0.1) is 0 Å². The molecule has 1 aliphatic rings. The van der Waals surface area contributed by atoms with Crippen LogP contribution in [0.15, 0.2) is 0 Å². The van der Waals surface area contributed by atoms with E-state index < -0.39 is 10.0 Å². The quantitative estimate of drug-likeness (QED) is 0.666. The van der Waals surface area contributed by atoms with Crippen molar-refractivity contribution in [2.45, 2.75) is 51.5 Å². The van der Waals surface area contributed by atoms with E-state index in [4.69, 9.17) is 0 Å². The topological polar surface area (TPSA) is 58.2 Å². The molecule has 1 rings (SSSR count). The average molecular weight is 248 g/mol. The van der Waals surface area contributed by atoms with Crippen molar-refractivity contribution >= 4 is 10.0 Å². The predicted octanol–water partition coefficient (Wildman–Crippen LogP) is 1.24. The smallest absolute Gasteiger partial charge is 0.212 e. The summed E-state index contributed by atoms with van der Waals surface area (Å²) in [5.74, 6) is 0.232. The van der Waals surface area contributed by atoms with Crippen LogP contribution in [0, 0.1) is 0 Å². The molecular formula is C11H24N2O2S. The minimum absolute atomic E-state index is 0.184. The zero-order valence-corrected chi connectivity index (χ0v) is 11.2. The SMILES string of the molecule is CCNCCCS(=O)(=O)NC1(C)CCCC1. The van der Waals surface area contributed by atoms with Gasteiger partial charge in [0.15, 0.2) is 0 Å². The Morgan fingerprint density at radius 3 is 2.44 bits per heavy atom. The second-order valence-electron chi connectivity index (χ2n) is 4.90. The van der Waals surface area contributed by atoms with E-state index in [0.717, 1.165) is 38.8 Å². The Hall–Kier alpha value is -0.130. The highest BCUT2D eigenvalue weighted by Crippen LogP contribution is 2.29. The van der Waals surface area contributed by atoms with Crippen LogP contribution in [0.4, 0.5) is 0 Å². The molecule has 0 amide bonds. The summed E-state index contributed by atoms with van der Waals surface area (Å²) in [6.07, 6.45) is 4.89. The second kappa shape index (κ2) is 5.98. The number of sulfonamides is 1. The van der Waals surface area contributed by atoms with Gasteiger partial charge in [-0.2, -0.15) is 0 Å². The summed E-state index contributed by atoms with van der Waals surface area (Å²) in [5, 5.41) is 3.13. The van der Waals surface area contributed by atoms with Gasteiger partial charge >= 0.3 is 0 Å². The van der Waals surface area contributed by atoms with Crippen LogP contribution in [0.5, 0.6) is 0 Å². The van der Waals surface area contributed by atoms with Gasteiger partial charge in [-0.3, -0.25) is 0 Å². The third kappa shape index (κ3) is 4.80. The molecule has 0 unspecified atom stereocenters. The fourth-order valence-corrected chi connectivity index (χ4v) is 3.83. The maximum absolute atomic E-state index is 11.8. The zero-order valence-electron chi connectivity index (χ0n) is 10.4. The minimum Gasteiger partial charge on any atom is -0.317 e. The lowest BCUT2D eigenvalue weighted by atomic mass is 10.0. The molecule has 4 nitrogen and oxygen atoms in total. The Morgan fingerprint density at radius 1 is 1.25 bits per heavy atom. The standard InChI is InChI=1S/C11H24N2O2S/c1-3-12-9-6-10-16(14,15)13-11(2)7-4-5-8-11/h12-13H,3-10H2,1-2H3. The first-order valence-corrected chi connectivity index (χ1v) is 7.85. The van der Waals surface area contributed by atoms with E-state index in [1.54, 1.807) is 0 Å². The van der Waals surface area contributed by atoms with E-state index in [2.05, 4.69) is 10.0 Å². The highest BCUT2D eigenvalue weighted by molar-refractivity contribution is 7.89. The van der Waals surface area contributed by atoms with Crippen molar-refractivity contribution in [3.05, 3.63) is 0 Å². The zero-order chi connectivity index (χ0) is 12.1. The van der Waals surface area contributed by atoms with Crippen molar-refractivity contribution in [3.8, 4) is 0 Å². The molecule has 96 valence electrons. The van der Waals surface area contributed by atoms with Crippen molar-refractivity contribution in [1.29, 1.82) is 0 Å². The summed E-state index contributed by atoms with van der Waals surface area (Å²) in [5.41, 5.74) is -0.184. The largest absolute Gasteiger partial charge is 0.317 e. The fourth-order valence-electron chi connectivity index (χ4n) is 2.25. The van der Waals surface area contributed by atoms with Crippen molar-refractivity contribution in [1.82, 2.24) is 10.0 Å². The first kappa shape index (κ1) is 13.9. The summed E-state index contributed by atoms with van der Waals surface area (Å²) in [6, 6.07) is 0. The minimum atomic E-state index is -3.09. The molecule has 1 aliphatic carbocycles. The maximum Gasteiger partial charge on any atom is 0.212 e. The van der Waals surface area contributed by atoms with Gasteiger partial charge in [-0.05, 0) is 39.3 Å². The molecule has 0 aromatic carbocycles. The van der Waals surface area contributed by atoms with E-state index in [-0.39, 0.29) is 11.3 Å². The number of nitrogens with one attached hydrogen (secondary N) is 2. The Labute approximate surface area is 99.2 Å². The first-order valence-electron chi connectivity index (χ1n) is 6.20. The molecule has 2 N–H and O–H groups in total. The Balaban J connectivity index is 2.33. The molecule has 1 saturated carbocycles. The molecule has 0 aromatic heterocycles. The molecule has 0 spiro atoms. The maximum atomic E-state index is 11.8. The second-order valence-corrected chi connectivity index (χ2v) is 6.74. The van der Waals surface area contributed by atoms with Gasteiger partial charge in [0, 0.05) is 5.54 Å². The van der Waals surface area contributed by atoms with E-state index in [9.17, 15) is 8.42 Å². The van der Waals surface area contributed by atoms with E-state index >= 15 is 0 Å². The fraction of sp³-hybridized carbons (Fsp3) is 1.00. The molecule has 0 bridgehead atoms. The summed E-state index contributed by atoms with van der Waals surface area (Å²) >= 11 is 0. The molecule has 0 heterocycles.